The third-order valence-electron chi connectivity index (χ3n) is 3.14. The molecule has 0 atom stereocenters. The van der Waals surface area contributed by atoms with E-state index in [1.54, 1.807) is 12.1 Å². The van der Waals surface area contributed by atoms with Crippen LogP contribution in [0.3, 0.4) is 0 Å². The second-order valence-corrected chi connectivity index (χ2v) is 4.92. The molecule has 5 heteroatoms. The van der Waals surface area contributed by atoms with Gasteiger partial charge in [0.25, 0.3) is 5.89 Å². The van der Waals surface area contributed by atoms with Gasteiger partial charge in [-0.1, -0.05) is 29.8 Å². The van der Waals surface area contributed by atoms with E-state index in [1.807, 2.05) is 30.3 Å². The Morgan fingerprint density at radius 2 is 1.85 bits per heavy atom. The molecule has 0 bridgehead atoms. The zero-order chi connectivity index (χ0) is 13.7. The molecule has 0 saturated heterocycles. The summed E-state index contributed by atoms with van der Waals surface area (Å²) in [7, 11) is 0. The van der Waals surface area contributed by atoms with Crippen molar-refractivity contribution in [2.45, 2.75) is 0 Å². The minimum atomic E-state index is 0.415. The Bertz CT molecular complexity index is 868. The number of benzene rings is 2. The molecule has 0 aliphatic carbocycles. The maximum atomic E-state index is 5.98. The number of rotatable bonds is 1. The van der Waals surface area contributed by atoms with Crippen molar-refractivity contribution in [3.63, 3.8) is 0 Å². The first-order valence-corrected chi connectivity index (χ1v) is 6.43. The number of anilines is 1. The van der Waals surface area contributed by atoms with Crippen LogP contribution >= 0.6 is 11.6 Å². The minimum absolute atomic E-state index is 0.415. The molecule has 2 N–H and O–H groups in total. The highest BCUT2D eigenvalue weighted by Gasteiger charge is 2.14. The zero-order valence-corrected chi connectivity index (χ0v) is 11.0. The summed E-state index contributed by atoms with van der Waals surface area (Å²) in [6.07, 6.45) is 0. The molecular weight excluding hydrogens is 276 g/mol. The molecule has 2 heterocycles. The number of para-hydroxylation sites is 1. The molecule has 4 aromatic rings. The fourth-order valence-electron chi connectivity index (χ4n) is 2.16. The third kappa shape index (κ3) is 1.66. The molecule has 0 unspecified atom stereocenters. The highest BCUT2D eigenvalue weighted by atomic mass is 35.5. The normalized spacial score (nSPS) is 11.4. The Morgan fingerprint density at radius 3 is 2.70 bits per heavy atom. The highest BCUT2D eigenvalue weighted by Crippen LogP contribution is 2.32. The molecule has 4 rings (SSSR count). The lowest BCUT2D eigenvalue weighted by Crippen LogP contribution is -1.84. The van der Waals surface area contributed by atoms with E-state index in [0.717, 1.165) is 11.0 Å². The first-order chi connectivity index (χ1) is 9.70. The van der Waals surface area contributed by atoms with Crippen molar-refractivity contribution in [3.8, 4) is 11.7 Å². The summed E-state index contributed by atoms with van der Waals surface area (Å²) in [5.74, 6) is 0.995. The van der Waals surface area contributed by atoms with E-state index in [2.05, 4.69) is 4.98 Å². The molecule has 2 aromatic heterocycles. The SMILES string of the molecule is Nc1cc2oc(-c3cc4ccccc4o3)nc2cc1Cl. The average molecular weight is 285 g/mol. The number of oxazole rings is 1. The van der Waals surface area contributed by atoms with Crippen LogP contribution in [-0.4, -0.2) is 4.98 Å². The second kappa shape index (κ2) is 4.02. The van der Waals surface area contributed by atoms with Gasteiger partial charge >= 0.3 is 0 Å². The predicted octanol–water partition coefficient (Wildman–Crippen LogP) is 4.48. The van der Waals surface area contributed by atoms with E-state index in [1.165, 1.54) is 0 Å². The molecule has 0 spiro atoms. The van der Waals surface area contributed by atoms with Crippen LogP contribution < -0.4 is 5.73 Å². The van der Waals surface area contributed by atoms with Crippen molar-refractivity contribution >= 4 is 39.4 Å². The summed E-state index contributed by atoms with van der Waals surface area (Å²) >= 11 is 5.98. The van der Waals surface area contributed by atoms with Gasteiger partial charge in [-0.25, -0.2) is 4.98 Å². The van der Waals surface area contributed by atoms with Gasteiger partial charge < -0.3 is 14.6 Å². The first-order valence-electron chi connectivity index (χ1n) is 6.05. The summed E-state index contributed by atoms with van der Waals surface area (Å²) in [4.78, 5) is 4.38. The van der Waals surface area contributed by atoms with Crippen LogP contribution in [0.25, 0.3) is 33.7 Å². The van der Waals surface area contributed by atoms with Gasteiger partial charge in [0.1, 0.15) is 11.1 Å². The molecule has 20 heavy (non-hydrogen) atoms. The van der Waals surface area contributed by atoms with E-state index in [0.29, 0.717) is 33.5 Å². The van der Waals surface area contributed by atoms with Crippen molar-refractivity contribution in [2.24, 2.45) is 0 Å². The fraction of sp³-hybridized carbons (Fsp3) is 0. The van der Waals surface area contributed by atoms with Gasteiger partial charge in [-0.2, -0.15) is 0 Å². The smallest absolute Gasteiger partial charge is 0.263 e. The number of furan rings is 1. The maximum Gasteiger partial charge on any atom is 0.263 e. The van der Waals surface area contributed by atoms with Crippen molar-refractivity contribution in [1.29, 1.82) is 0 Å². The van der Waals surface area contributed by atoms with Gasteiger partial charge in [0.05, 0.1) is 10.7 Å². The molecule has 2 aromatic carbocycles. The first kappa shape index (κ1) is 11.4. The Balaban J connectivity index is 1.93. The molecule has 0 saturated carbocycles. The third-order valence-corrected chi connectivity index (χ3v) is 3.47. The van der Waals surface area contributed by atoms with Crippen LogP contribution in [0, 0.1) is 0 Å². The Morgan fingerprint density at radius 1 is 1.00 bits per heavy atom. The molecule has 0 aliphatic heterocycles. The van der Waals surface area contributed by atoms with E-state index in [-0.39, 0.29) is 0 Å². The number of fused-ring (bicyclic) bond motifs is 2. The van der Waals surface area contributed by atoms with Gasteiger partial charge in [-0.3, -0.25) is 0 Å². The van der Waals surface area contributed by atoms with E-state index >= 15 is 0 Å². The number of hydrogen-bond acceptors (Lipinski definition) is 4. The molecule has 0 fully saturated rings. The second-order valence-electron chi connectivity index (χ2n) is 4.51. The number of nitrogens with zero attached hydrogens (tertiary/aromatic N) is 1. The maximum absolute atomic E-state index is 5.98. The Labute approximate surface area is 118 Å². The van der Waals surface area contributed by atoms with E-state index < -0.39 is 0 Å². The molecule has 98 valence electrons. The average Bonchev–Trinajstić information content (AvgIpc) is 3.02. The number of nitrogens with two attached hydrogens (primary N) is 1. The zero-order valence-electron chi connectivity index (χ0n) is 10.3. The van der Waals surface area contributed by atoms with Gasteiger partial charge in [0.2, 0.25) is 0 Å². The minimum Gasteiger partial charge on any atom is -0.451 e. The lowest BCUT2D eigenvalue weighted by molar-refractivity contribution is 0.559. The van der Waals surface area contributed by atoms with E-state index in [4.69, 9.17) is 26.2 Å². The fourth-order valence-corrected chi connectivity index (χ4v) is 2.31. The molecule has 0 amide bonds. The Hall–Kier alpha value is -2.46. The van der Waals surface area contributed by atoms with Crippen LogP contribution in [0.15, 0.2) is 51.3 Å². The topological polar surface area (TPSA) is 65.2 Å². The quantitative estimate of drug-likeness (QED) is 0.524. The van der Waals surface area contributed by atoms with Gasteiger partial charge in [0, 0.05) is 11.5 Å². The molecule has 4 nitrogen and oxygen atoms in total. The van der Waals surface area contributed by atoms with E-state index in [9.17, 15) is 0 Å². The van der Waals surface area contributed by atoms with Gasteiger partial charge in [-0.15, -0.1) is 0 Å². The summed E-state index contributed by atoms with van der Waals surface area (Å²) in [6, 6.07) is 13.0. The number of hydrogen-bond donors (Lipinski definition) is 1. The molecule has 0 radical (unpaired) electrons. The van der Waals surface area contributed by atoms with Crippen molar-refractivity contribution in [2.75, 3.05) is 5.73 Å². The van der Waals surface area contributed by atoms with Gasteiger partial charge in [-0.05, 0) is 18.2 Å². The lowest BCUT2D eigenvalue weighted by Gasteiger charge is -1.94. The standard InChI is InChI=1S/C15H9ClN2O2/c16-9-6-11-13(7-10(9)17)20-15(18-11)14-5-8-3-1-2-4-12(8)19-14/h1-7H,17H2. The van der Waals surface area contributed by atoms with Crippen molar-refractivity contribution < 1.29 is 8.83 Å². The number of nitrogen functional groups attached to an aromatic ring is 1. The van der Waals surface area contributed by atoms with Crippen LogP contribution in [0.2, 0.25) is 5.02 Å². The molecule has 0 aliphatic rings. The number of aromatic nitrogens is 1. The predicted molar refractivity (Wildman–Crippen MR) is 78.6 cm³/mol. The summed E-state index contributed by atoms with van der Waals surface area (Å²) in [6.45, 7) is 0. The Kier molecular flexibility index (Phi) is 2.28. The highest BCUT2D eigenvalue weighted by molar-refractivity contribution is 6.33. The number of halogens is 1. The summed E-state index contributed by atoms with van der Waals surface area (Å²) in [5.41, 5.74) is 8.25. The summed E-state index contributed by atoms with van der Waals surface area (Å²) in [5, 5.41) is 1.46. The largest absolute Gasteiger partial charge is 0.451 e. The summed E-state index contributed by atoms with van der Waals surface area (Å²) < 4.78 is 11.4. The van der Waals surface area contributed by atoms with Crippen molar-refractivity contribution in [3.05, 3.63) is 47.5 Å². The van der Waals surface area contributed by atoms with Crippen molar-refractivity contribution in [1.82, 2.24) is 4.98 Å². The lowest BCUT2D eigenvalue weighted by atomic mass is 10.2. The monoisotopic (exact) mass is 284 g/mol. The van der Waals surface area contributed by atoms with Crippen LogP contribution in [0.5, 0.6) is 0 Å². The van der Waals surface area contributed by atoms with Crippen LogP contribution in [-0.2, 0) is 0 Å². The van der Waals surface area contributed by atoms with Crippen LogP contribution in [0.4, 0.5) is 5.69 Å². The van der Waals surface area contributed by atoms with Crippen LogP contribution in [0.1, 0.15) is 0 Å². The van der Waals surface area contributed by atoms with Gasteiger partial charge in [0.15, 0.2) is 11.3 Å². The molecular formula is C15H9ClN2O2.